The van der Waals surface area contributed by atoms with Gasteiger partial charge in [-0.2, -0.15) is 9.61 Å². The van der Waals surface area contributed by atoms with Gasteiger partial charge in [0, 0.05) is 0 Å². The zero-order valence-corrected chi connectivity index (χ0v) is 5.19. The summed E-state index contributed by atoms with van der Waals surface area (Å²) in [7, 11) is 0. The molecule has 2 rings (SSSR count). The van der Waals surface area contributed by atoms with E-state index in [1.54, 1.807) is 16.8 Å². The molecule has 50 valence electrons. The van der Waals surface area contributed by atoms with Crippen LogP contribution in [-0.4, -0.2) is 14.8 Å². The van der Waals surface area contributed by atoms with Crippen LogP contribution in [0.15, 0.2) is 23.6 Å². The number of hydrogen-bond donors (Lipinski definition) is 0. The van der Waals surface area contributed by atoms with Crippen molar-refractivity contribution in [1.82, 2.24) is 14.8 Å². The minimum atomic E-state index is 0.634. The van der Waals surface area contributed by atoms with Crippen LogP contribution in [0.5, 0.6) is 0 Å². The van der Waals surface area contributed by atoms with E-state index in [1.165, 1.54) is 6.33 Å². The van der Waals surface area contributed by atoms with E-state index in [0.29, 0.717) is 5.71 Å². The molecule has 4 nitrogen and oxygen atoms in total. The summed E-state index contributed by atoms with van der Waals surface area (Å²) in [5.74, 6) is 0. The molecule has 2 aromatic heterocycles. The second-order valence-electron chi connectivity index (χ2n) is 1.87. The van der Waals surface area contributed by atoms with Crippen LogP contribution in [0.4, 0.5) is 0 Å². The average molecular weight is 135 g/mol. The molecule has 0 atom stereocenters. The first-order valence-corrected chi connectivity index (χ1v) is 2.82. The predicted octanol–water partition coefficient (Wildman–Crippen LogP) is 0.965. The molecule has 0 aliphatic heterocycles. The van der Waals surface area contributed by atoms with Crippen LogP contribution in [-0.2, 0) is 0 Å². The minimum absolute atomic E-state index is 0.634. The molecule has 0 N–H and O–H groups in total. The topological polar surface area (TPSA) is 43.3 Å². The fourth-order valence-electron chi connectivity index (χ4n) is 0.799. The van der Waals surface area contributed by atoms with E-state index < -0.39 is 0 Å². The van der Waals surface area contributed by atoms with Crippen molar-refractivity contribution in [1.29, 1.82) is 0 Å². The maximum atomic E-state index is 4.86. The lowest BCUT2D eigenvalue weighted by Crippen LogP contribution is -1.75. The molecule has 0 bridgehead atoms. The molecular formula is C6H5N3O. The molecule has 10 heavy (non-hydrogen) atoms. The van der Waals surface area contributed by atoms with E-state index >= 15 is 0 Å². The quantitative estimate of drug-likeness (QED) is 0.585. The van der Waals surface area contributed by atoms with E-state index in [1.807, 2.05) is 0 Å². The third kappa shape index (κ3) is 0.500. The van der Waals surface area contributed by atoms with E-state index in [0.717, 1.165) is 5.56 Å². The van der Waals surface area contributed by atoms with Crippen molar-refractivity contribution in [2.24, 2.45) is 0 Å². The summed E-state index contributed by atoms with van der Waals surface area (Å²) in [4.78, 5) is 0. The van der Waals surface area contributed by atoms with Gasteiger partial charge in [-0.05, 0) is 0 Å². The van der Waals surface area contributed by atoms with Crippen molar-refractivity contribution in [2.75, 3.05) is 0 Å². The van der Waals surface area contributed by atoms with E-state index in [2.05, 4.69) is 16.8 Å². The lowest BCUT2D eigenvalue weighted by molar-refractivity contribution is 0.454. The van der Waals surface area contributed by atoms with Gasteiger partial charge >= 0.3 is 0 Å². The Bertz CT molecular complexity index is 360. The molecule has 0 saturated carbocycles. The largest absolute Gasteiger partial charge is 0.334 e. The van der Waals surface area contributed by atoms with Gasteiger partial charge < -0.3 is 4.52 Å². The highest BCUT2D eigenvalue weighted by Gasteiger charge is 2.02. The highest BCUT2D eigenvalue weighted by atomic mass is 16.5. The van der Waals surface area contributed by atoms with Gasteiger partial charge in [0.15, 0.2) is 6.33 Å². The smallest absolute Gasteiger partial charge is 0.260 e. The minimum Gasteiger partial charge on any atom is -0.334 e. The molecule has 0 fully saturated rings. The van der Waals surface area contributed by atoms with Crippen molar-refractivity contribution in [3.63, 3.8) is 0 Å². The molecule has 0 aromatic carbocycles. The van der Waals surface area contributed by atoms with E-state index in [-0.39, 0.29) is 0 Å². The Labute approximate surface area is 56.7 Å². The predicted molar refractivity (Wildman–Crippen MR) is 35.3 cm³/mol. The van der Waals surface area contributed by atoms with Gasteiger partial charge in [0.2, 0.25) is 0 Å². The molecule has 0 aliphatic rings. The molecule has 0 amide bonds. The second-order valence-corrected chi connectivity index (χ2v) is 1.87. The van der Waals surface area contributed by atoms with Gasteiger partial charge in [0.05, 0.1) is 11.8 Å². The van der Waals surface area contributed by atoms with Gasteiger partial charge in [0.25, 0.3) is 5.71 Å². The van der Waals surface area contributed by atoms with Crippen LogP contribution in [0.25, 0.3) is 11.8 Å². The summed E-state index contributed by atoms with van der Waals surface area (Å²) in [6.45, 7) is 3.59. The van der Waals surface area contributed by atoms with Crippen LogP contribution >= 0.6 is 0 Å². The summed E-state index contributed by atoms with van der Waals surface area (Å²) < 4.78 is 6.41. The molecule has 0 saturated heterocycles. The highest BCUT2D eigenvalue weighted by Crippen LogP contribution is 2.09. The molecule has 2 aromatic rings. The van der Waals surface area contributed by atoms with Crippen LogP contribution < -0.4 is 0 Å². The summed E-state index contributed by atoms with van der Waals surface area (Å²) in [6.07, 6.45) is 4.85. The lowest BCUT2D eigenvalue weighted by Gasteiger charge is -1.75. The van der Waals surface area contributed by atoms with Crippen LogP contribution in [0.1, 0.15) is 5.56 Å². The maximum Gasteiger partial charge on any atom is 0.260 e. The zero-order chi connectivity index (χ0) is 6.97. The Balaban J connectivity index is 2.88. The number of rotatable bonds is 1. The fraction of sp³-hybridized carbons (Fsp3) is 0. The third-order valence-electron chi connectivity index (χ3n) is 1.29. The van der Waals surface area contributed by atoms with Gasteiger partial charge in [-0.3, -0.25) is 0 Å². The zero-order valence-electron chi connectivity index (χ0n) is 5.19. The van der Waals surface area contributed by atoms with Crippen molar-refractivity contribution in [2.45, 2.75) is 0 Å². The van der Waals surface area contributed by atoms with Crippen molar-refractivity contribution >= 4 is 11.8 Å². The summed E-state index contributed by atoms with van der Waals surface area (Å²) in [5, 5.41) is 7.49. The van der Waals surface area contributed by atoms with Crippen molar-refractivity contribution in [3.05, 3.63) is 24.7 Å². The third-order valence-corrected chi connectivity index (χ3v) is 1.29. The molecule has 0 radical (unpaired) electrons. The number of aromatic nitrogens is 3. The van der Waals surface area contributed by atoms with E-state index in [9.17, 15) is 0 Å². The molecular weight excluding hydrogens is 130 g/mol. The Morgan fingerprint density at radius 1 is 1.70 bits per heavy atom. The van der Waals surface area contributed by atoms with Gasteiger partial charge in [-0.15, -0.1) is 0 Å². The SMILES string of the molecule is C=Cc1cnn2cnoc12. The van der Waals surface area contributed by atoms with Crippen LogP contribution in [0.2, 0.25) is 0 Å². The molecule has 0 spiro atoms. The van der Waals surface area contributed by atoms with Crippen molar-refractivity contribution in [3.8, 4) is 0 Å². The second kappa shape index (κ2) is 1.70. The highest BCUT2D eigenvalue weighted by molar-refractivity contribution is 5.60. The normalized spacial score (nSPS) is 10.4. The summed E-state index contributed by atoms with van der Waals surface area (Å²) >= 11 is 0. The monoisotopic (exact) mass is 135 g/mol. The van der Waals surface area contributed by atoms with Gasteiger partial charge in [0.1, 0.15) is 0 Å². The summed E-state index contributed by atoms with van der Waals surface area (Å²) in [6, 6.07) is 0. The summed E-state index contributed by atoms with van der Waals surface area (Å²) in [5.41, 5.74) is 1.49. The molecule has 4 heteroatoms. The first-order chi connectivity index (χ1) is 4.92. The fourth-order valence-corrected chi connectivity index (χ4v) is 0.799. The van der Waals surface area contributed by atoms with Gasteiger partial charge in [-0.25, -0.2) is 0 Å². The van der Waals surface area contributed by atoms with Crippen molar-refractivity contribution < 1.29 is 4.52 Å². The van der Waals surface area contributed by atoms with E-state index in [4.69, 9.17) is 4.52 Å². The average Bonchev–Trinajstić information content (AvgIpc) is 2.44. The standard InChI is InChI=1S/C6H5N3O/c1-2-5-3-7-9-4-8-10-6(5)9/h2-4H,1H2. The number of hydrogen-bond acceptors (Lipinski definition) is 3. The number of nitrogens with zero attached hydrogens (tertiary/aromatic N) is 3. The first-order valence-electron chi connectivity index (χ1n) is 2.82. The van der Waals surface area contributed by atoms with Gasteiger partial charge in [-0.1, -0.05) is 17.8 Å². The Morgan fingerprint density at radius 2 is 2.60 bits per heavy atom. The molecule has 0 unspecified atom stereocenters. The van der Waals surface area contributed by atoms with Crippen LogP contribution in [0, 0.1) is 0 Å². The maximum absolute atomic E-state index is 4.86. The Kier molecular flexibility index (Phi) is 0.887. The molecule has 2 heterocycles. The number of fused-ring (bicyclic) bond motifs is 1. The Hall–Kier alpha value is -1.58. The molecule has 0 aliphatic carbocycles. The van der Waals surface area contributed by atoms with Crippen LogP contribution in [0.3, 0.4) is 0 Å². The first kappa shape index (κ1) is 5.22. The lowest BCUT2D eigenvalue weighted by atomic mass is 10.4. The Morgan fingerprint density at radius 3 is 3.40 bits per heavy atom.